The summed E-state index contributed by atoms with van der Waals surface area (Å²) in [6, 6.07) is 21.6. The van der Waals surface area contributed by atoms with E-state index in [1.807, 2.05) is 20.2 Å². The smallest absolute Gasteiger partial charge is 0.161 e. The van der Waals surface area contributed by atoms with E-state index >= 15 is 0 Å². The normalized spacial score (nSPS) is 15.4. The van der Waals surface area contributed by atoms with Crippen molar-refractivity contribution in [1.82, 2.24) is 9.80 Å². The third-order valence-corrected chi connectivity index (χ3v) is 9.30. The van der Waals surface area contributed by atoms with Gasteiger partial charge in [0, 0.05) is 18.0 Å². The van der Waals surface area contributed by atoms with Gasteiger partial charge in [0.05, 0.1) is 38.7 Å². The van der Waals surface area contributed by atoms with Crippen molar-refractivity contribution < 1.29 is 18.9 Å². The average molecular weight is 618 g/mol. The van der Waals surface area contributed by atoms with Gasteiger partial charge in [-0.3, -0.25) is 4.90 Å². The fraction of sp³-hybridized carbons (Fsp3) is 0.472. The van der Waals surface area contributed by atoms with E-state index in [4.69, 9.17) is 18.9 Å². The first-order chi connectivity index (χ1) is 21.4. The van der Waals surface area contributed by atoms with Crippen LogP contribution in [0.3, 0.4) is 0 Å². The zero-order valence-electron chi connectivity index (χ0n) is 27.1. The molecule has 8 heteroatoms. The monoisotopic (exact) mass is 617 g/mol. The molecule has 1 aliphatic heterocycles. The van der Waals surface area contributed by atoms with Gasteiger partial charge in [0.15, 0.2) is 23.0 Å². The lowest BCUT2D eigenvalue weighted by atomic mass is 9.87. The number of hydrogen-bond acceptors (Lipinski definition) is 8. The van der Waals surface area contributed by atoms with Gasteiger partial charge in [-0.05, 0) is 99.9 Å². The summed E-state index contributed by atoms with van der Waals surface area (Å²) in [6.45, 7) is 5.40. The van der Waals surface area contributed by atoms with Crippen LogP contribution in [-0.4, -0.2) is 76.7 Å². The second-order valence-corrected chi connectivity index (χ2v) is 12.8. The largest absolute Gasteiger partial charge is 0.493 e. The molecule has 0 saturated carbocycles. The molecular weight excluding hydrogens is 570 g/mol. The van der Waals surface area contributed by atoms with Gasteiger partial charge in [-0.2, -0.15) is 5.26 Å². The Morgan fingerprint density at radius 3 is 2.32 bits per heavy atom. The average Bonchev–Trinajstić information content (AvgIpc) is 3.03. The van der Waals surface area contributed by atoms with Crippen LogP contribution >= 0.6 is 11.8 Å². The molecule has 2 atom stereocenters. The number of nitriles is 1. The zero-order chi connectivity index (χ0) is 31.5. The van der Waals surface area contributed by atoms with Crippen LogP contribution in [-0.2, 0) is 6.42 Å². The topological polar surface area (TPSA) is 67.2 Å². The Kier molecular flexibility index (Phi) is 12.7. The third-order valence-electron chi connectivity index (χ3n) is 8.13. The maximum atomic E-state index is 9.76. The van der Waals surface area contributed by atoms with Crippen molar-refractivity contribution in [2.24, 2.45) is 0 Å². The van der Waals surface area contributed by atoms with Gasteiger partial charge >= 0.3 is 0 Å². The van der Waals surface area contributed by atoms with Gasteiger partial charge in [-0.15, -0.1) is 11.8 Å². The van der Waals surface area contributed by atoms with E-state index in [0.29, 0.717) is 6.61 Å². The number of methoxy groups -OCH3 is 3. The summed E-state index contributed by atoms with van der Waals surface area (Å²) in [4.78, 5) is 5.84. The summed E-state index contributed by atoms with van der Waals surface area (Å²) < 4.78 is 23.2. The number of unbranched alkanes of at least 4 members (excludes halogenated alkanes) is 2. The van der Waals surface area contributed by atoms with E-state index in [1.54, 1.807) is 33.1 Å². The molecule has 0 N–H and O–H groups in total. The Morgan fingerprint density at radius 1 is 0.909 bits per heavy atom. The van der Waals surface area contributed by atoms with E-state index in [2.05, 4.69) is 71.3 Å². The number of benzene rings is 3. The molecule has 0 radical (unpaired) electrons. The first-order valence-corrected chi connectivity index (χ1v) is 16.3. The number of aryl methyl sites for hydroxylation is 1. The summed E-state index contributed by atoms with van der Waals surface area (Å²) in [5.41, 5.74) is 4.92. The van der Waals surface area contributed by atoms with Crippen molar-refractivity contribution in [2.75, 3.05) is 61.7 Å². The highest BCUT2D eigenvalue weighted by atomic mass is 32.2. The first-order valence-electron chi connectivity index (χ1n) is 15.4. The van der Waals surface area contributed by atoms with Gasteiger partial charge in [0.1, 0.15) is 6.61 Å². The Morgan fingerprint density at radius 2 is 1.64 bits per heavy atom. The van der Waals surface area contributed by atoms with E-state index in [0.717, 1.165) is 85.2 Å². The summed E-state index contributed by atoms with van der Waals surface area (Å²) in [7, 11) is 9.14. The Labute approximate surface area is 268 Å². The molecule has 0 amide bonds. The molecular formula is C36H47N3O4S. The highest BCUT2D eigenvalue weighted by Crippen LogP contribution is 2.43. The molecule has 3 aromatic rings. The number of nitrogens with zero attached hydrogens (tertiary/aromatic N) is 3. The van der Waals surface area contributed by atoms with Crippen LogP contribution < -0.4 is 18.9 Å². The predicted octanol–water partition coefficient (Wildman–Crippen LogP) is 7.15. The van der Waals surface area contributed by atoms with Gasteiger partial charge in [-0.25, -0.2) is 0 Å². The zero-order valence-corrected chi connectivity index (χ0v) is 27.9. The van der Waals surface area contributed by atoms with Crippen LogP contribution in [0.4, 0.5) is 0 Å². The van der Waals surface area contributed by atoms with E-state index in [-0.39, 0.29) is 11.3 Å². The van der Waals surface area contributed by atoms with Crippen molar-refractivity contribution in [1.29, 1.82) is 5.26 Å². The molecule has 4 rings (SSSR count). The van der Waals surface area contributed by atoms with E-state index < -0.39 is 0 Å². The highest BCUT2D eigenvalue weighted by molar-refractivity contribution is 8.00. The summed E-state index contributed by atoms with van der Waals surface area (Å²) in [5, 5.41) is 9.73. The number of thioether (sulfide) groups is 1. The van der Waals surface area contributed by atoms with Crippen molar-refractivity contribution >= 4 is 11.8 Å². The minimum absolute atomic E-state index is 0.0278. The molecule has 0 aromatic heterocycles. The molecule has 236 valence electrons. The number of hydrogen-bond donors (Lipinski definition) is 0. The Balaban J connectivity index is 1.50. The molecule has 1 aliphatic rings. The van der Waals surface area contributed by atoms with Crippen molar-refractivity contribution in [3.8, 4) is 29.1 Å². The molecule has 1 heterocycles. The quantitative estimate of drug-likeness (QED) is 0.124. The van der Waals surface area contributed by atoms with Gasteiger partial charge in [-0.1, -0.05) is 36.6 Å². The fourth-order valence-electron chi connectivity index (χ4n) is 5.70. The molecule has 0 saturated heterocycles. The number of likely N-dealkylation sites (N-methyl/N-ethyl adjacent to an activating group) is 1. The third kappa shape index (κ3) is 8.84. The molecule has 0 bridgehead atoms. The maximum absolute atomic E-state index is 9.76. The summed E-state index contributed by atoms with van der Waals surface area (Å²) in [6.07, 6.45) is 5.01. The van der Waals surface area contributed by atoms with Gasteiger partial charge in [0.25, 0.3) is 0 Å². The van der Waals surface area contributed by atoms with Crippen LogP contribution in [0.2, 0.25) is 0 Å². The Bertz CT molecular complexity index is 1390. The lowest BCUT2D eigenvalue weighted by Gasteiger charge is -2.38. The minimum atomic E-state index is -0.0278. The SMILES string of the molecule is COc1ccc(C2c3cc(OCCN(C)C)c(OC)cc3CCN2CCCCCC(C#N)Sc2ccc(C)cc2)cc1OC. The first kappa shape index (κ1) is 33.5. The van der Waals surface area contributed by atoms with Crippen LogP contribution in [0.15, 0.2) is 59.5 Å². The van der Waals surface area contributed by atoms with Gasteiger partial charge in [0.2, 0.25) is 0 Å². The fourth-order valence-corrected chi connectivity index (χ4v) is 6.65. The number of ether oxygens (including phenoxy) is 4. The predicted molar refractivity (Wildman–Crippen MR) is 179 cm³/mol. The van der Waals surface area contributed by atoms with Crippen LogP contribution in [0.1, 0.15) is 54.0 Å². The highest BCUT2D eigenvalue weighted by Gasteiger charge is 2.31. The number of rotatable bonds is 16. The molecule has 3 aromatic carbocycles. The van der Waals surface area contributed by atoms with Crippen LogP contribution in [0.5, 0.6) is 23.0 Å². The lowest BCUT2D eigenvalue weighted by Crippen LogP contribution is -2.37. The van der Waals surface area contributed by atoms with Crippen LogP contribution in [0.25, 0.3) is 0 Å². The van der Waals surface area contributed by atoms with Gasteiger partial charge < -0.3 is 23.8 Å². The molecule has 0 fully saturated rings. The van der Waals surface area contributed by atoms with Crippen molar-refractivity contribution in [3.05, 3.63) is 76.9 Å². The summed E-state index contributed by atoms with van der Waals surface area (Å²) in [5.74, 6) is 2.99. The van der Waals surface area contributed by atoms with E-state index in [1.165, 1.54) is 16.7 Å². The molecule has 7 nitrogen and oxygen atoms in total. The second kappa shape index (κ2) is 16.6. The van der Waals surface area contributed by atoms with Crippen molar-refractivity contribution in [3.63, 3.8) is 0 Å². The number of fused-ring (bicyclic) bond motifs is 1. The van der Waals surface area contributed by atoms with Crippen LogP contribution in [0, 0.1) is 18.3 Å². The Hall–Kier alpha value is -3.38. The minimum Gasteiger partial charge on any atom is -0.493 e. The molecule has 2 unspecified atom stereocenters. The molecule has 0 spiro atoms. The molecule has 44 heavy (non-hydrogen) atoms. The van der Waals surface area contributed by atoms with Crippen molar-refractivity contribution in [2.45, 2.75) is 55.2 Å². The standard InChI is InChI=1S/C36H47N3O4S/c1-26-11-14-29(15-12-26)44-30(25-37)10-8-7-9-18-39-19-17-27-22-34(42-6)35(43-21-20-38(2)3)24-31(27)36(39)28-13-16-32(40-4)33(23-28)41-5/h11-16,22-24,30,36H,7-10,17-21H2,1-6H3. The maximum Gasteiger partial charge on any atom is 0.161 e. The lowest BCUT2D eigenvalue weighted by molar-refractivity contribution is 0.205. The molecule has 0 aliphatic carbocycles. The van der Waals surface area contributed by atoms with E-state index in [9.17, 15) is 5.26 Å². The summed E-state index contributed by atoms with van der Waals surface area (Å²) >= 11 is 1.67. The second-order valence-electron chi connectivity index (χ2n) is 11.6.